The summed E-state index contributed by atoms with van der Waals surface area (Å²) in [6, 6.07) is 11.1. The number of nitrogens with one attached hydrogen (secondary N) is 2. The minimum Gasteiger partial charge on any atom is -0.357 e. The summed E-state index contributed by atoms with van der Waals surface area (Å²) in [5.74, 6) is 0.956. The van der Waals surface area contributed by atoms with Crippen molar-refractivity contribution in [3.8, 4) is 5.69 Å². The maximum absolute atomic E-state index is 4.72. The molecule has 1 heterocycles. The summed E-state index contributed by atoms with van der Waals surface area (Å²) in [7, 11) is 0. The zero-order chi connectivity index (χ0) is 16.6. The summed E-state index contributed by atoms with van der Waals surface area (Å²) in [6.45, 7) is 3.81. The van der Waals surface area contributed by atoms with Crippen molar-refractivity contribution in [1.29, 1.82) is 0 Å². The van der Waals surface area contributed by atoms with Crippen LogP contribution in [0.25, 0.3) is 5.69 Å². The lowest BCUT2D eigenvalue weighted by molar-refractivity contribution is 0.614. The Morgan fingerprint density at radius 2 is 2.04 bits per heavy atom. The van der Waals surface area contributed by atoms with Crippen LogP contribution in [0.1, 0.15) is 38.2 Å². The molecule has 24 heavy (non-hydrogen) atoms. The molecule has 0 spiro atoms. The van der Waals surface area contributed by atoms with E-state index in [0.717, 1.165) is 31.2 Å². The molecule has 1 aromatic carbocycles. The average molecular weight is 325 g/mol. The van der Waals surface area contributed by atoms with Crippen LogP contribution in [0.2, 0.25) is 0 Å². The topological polar surface area (TPSA) is 54.2 Å². The van der Waals surface area contributed by atoms with Gasteiger partial charge < -0.3 is 10.6 Å². The van der Waals surface area contributed by atoms with Crippen LogP contribution >= 0.6 is 0 Å². The molecule has 0 radical (unpaired) electrons. The molecule has 0 aliphatic heterocycles. The van der Waals surface area contributed by atoms with Crippen molar-refractivity contribution in [1.82, 2.24) is 20.4 Å². The average Bonchev–Trinajstić information content (AvgIpc) is 3.29. The van der Waals surface area contributed by atoms with Gasteiger partial charge in [-0.3, -0.25) is 4.99 Å². The van der Waals surface area contributed by atoms with Crippen molar-refractivity contribution in [3.63, 3.8) is 0 Å². The maximum atomic E-state index is 4.72. The summed E-state index contributed by atoms with van der Waals surface area (Å²) in [5.41, 5.74) is 2.38. The molecule has 0 amide bonds. The van der Waals surface area contributed by atoms with Crippen LogP contribution in [0, 0.1) is 0 Å². The third kappa shape index (κ3) is 4.60. The first-order valence-corrected chi connectivity index (χ1v) is 8.99. The van der Waals surface area contributed by atoms with Crippen LogP contribution in [0.5, 0.6) is 0 Å². The van der Waals surface area contributed by atoms with Crippen molar-refractivity contribution in [2.75, 3.05) is 13.1 Å². The van der Waals surface area contributed by atoms with E-state index >= 15 is 0 Å². The van der Waals surface area contributed by atoms with Gasteiger partial charge in [-0.1, -0.05) is 25.0 Å². The minimum atomic E-state index is 0.594. The van der Waals surface area contributed by atoms with E-state index in [-0.39, 0.29) is 0 Å². The first-order valence-electron chi connectivity index (χ1n) is 8.99. The van der Waals surface area contributed by atoms with Gasteiger partial charge in [0.25, 0.3) is 0 Å². The quantitative estimate of drug-likeness (QED) is 0.634. The predicted molar refractivity (Wildman–Crippen MR) is 98.6 cm³/mol. The zero-order valence-corrected chi connectivity index (χ0v) is 14.4. The van der Waals surface area contributed by atoms with Gasteiger partial charge in [-0.15, -0.1) is 0 Å². The molecule has 5 nitrogen and oxygen atoms in total. The molecular weight excluding hydrogens is 298 g/mol. The lowest BCUT2D eigenvalue weighted by atomic mass is 10.1. The van der Waals surface area contributed by atoms with E-state index in [2.05, 4.69) is 46.9 Å². The Hall–Kier alpha value is -2.30. The molecule has 2 N–H and O–H groups in total. The minimum absolute atomic E-state index is 0.594. The van der Waals surface area contributed by atoms with Crippen LogP contribution < -0.4 is 10.6 Å². The fourth-order valence-corrected chi connectivity index (χ4v) is 3.12. The third-order valence-electron chi connectivity index (χ3n) is 4.42. The molecule has 0 saturated heterocycles. The van der Waals surface area contributed by atoms with Gasteiger partial charge in [-0.2, -0.15) is 5.10 Å². The molecule has 1 aromatic heterocycles. The first kappa shape index (κ1) is 16.6. The Labute approximate surface area is 144 Å². The number of nitrogens with zero attached hydrogens (tertiary/aromatic N) is 3. The highest BCUT2D eigenvalue weighted by atomic mass is 15.3. The number of benzene rings is 1. The molecule has 3 rings (SSSR count). The lowest BCUT2D eigenvalue weighted by Crippen LogP contribution is -2.42. The van der Waals surface area contributed by atoms with Crippen molar-refractivity contribution < 1.29 is 0 Å². The number of hydrogen-bond donors (Lipinski definition) is 2. The Kier molecular flexibility index (Phi) is 5.88. The molecule has 1 aliphatic rings. The second-order valence-corrected chi connectivity index (χ2v) is 6.25. The van der Waals surface area contributed by atoms with Gasteiger partial charge in [0.1, 0.15) is 0 Å². The third-order valence-corrected chi connectivity index (χ3v) is 4.42. The van der Waals surface area contributed by atoms with Gasteiger partial charge in [-0.05, 0) is 49.9 Å². The Morgan fingerprint density at radius 3 is 2.71 bits per heavy atom. The summed E-state index contributed by atoms with van der Waals surface area (Å²) in [6.07, 6.45) is 9.89. The molecule has 128 valence electrons. The molecular formula is C19H27N5. The van der Waals surface area contributed by atoms with Gasteiger partial charge in [0.2, 0.25) is 0 Å². The van der Waals surface area contributed by atoms with E-state index in [9.17, 15) is 0 Å². The SMILES string of the molecule is CCNC(=NCCc1ccc(-n2cccn2)cc1)NC1CCCC1. The highest BCUT2D eigenvalue weighted by Crippen LogP contribution is 2.17. The van der Waals surface area contributed by atoms with E-state index < -0.39 is 0 Å². The molecule has 0 bridgehead atoms. The monoisotopic (exact) mass is 325 g/mol. The van der Waals surface area contributed by atoms with E-state index in [0.29, 0.717) is 6.04 Å². The van der Waals surface area contributed by atoms with Crippen LogP contribution in [-0.2, 0) is 6.42 Å². The van der Waals surface area contributed by atoms with Gasteiger partial charge in [-0.25, -0.2) is 4.68 Å². The normalized spacial score (nSPS) is 15.6. The molecule has 1 aliphatic carbocycles. The highest BCUT2D eigenvalue weighted by Gasteiger charge is 2.15. The van der Waals surface area contributed by atoms with Gasteiger partial charge in [0.15, 0.2) is 5.96 Å². The number of aliphatic imine (C=N–C) groups is 1. The molecule has 0 atom stereocenters. The summed E-state index contributed by atoms with van der Waals surface area (Å²) in [5, 5.41) is 11.2. The van der Waals surface area contributed by atoms with Crippen molar-refractivity contribution >= 4 is 5.96 Å². The van der Waals surface area contributed by atoms with E-state index in [1.165, 1.54) is 31.2 Å². The van der Waals surface area contributed by atoms with Crippen molar-refractivity contribution in [3.05, 3.63) is 48.3 Å². The fourth-order valence-electron chi connectivity index (χ4n) is 3.12. The zero-order valence-electron chi connectivity index (χ0n) is 14.4. The number of rotatable bonds is 6. The lowest BCUT2D eigenvalue weighted by Gasteiger charge is -2.16. The molecule has 0 unspecified atom stereocenters. The Balaban J connectivity index is 1.53. The van der Waals surface area contributed by atoms with Gasteiger partial charge in [0, 0.05) is 31.5 Å². The number of guanidine groups is 1. The highest BCUT2D eigenvalue weighted by molar-refractivity contribution is 5.80. The maximum Gasteiger partial charge on any atom is 0.191 e. The first-order chi connectivity index (χ1) is 11.8. The van der Waals surface area contributed by atoms with Crippen LogP contribution in [0.4, 0.5) is 0 Å². The second-order valence-electron chi connectivity index (χ2n) is 6.25. The number of hydrogen-bond acceptors (Lipinski definition) is 2. The largest absolute Gasteiger partial charge is 0.357 e. The van der Waals surface area contributed by atoms with Crippen molar-refractivity contribution in [2.24, 2.45) is 4.99 Å². The predicted octanol–water partition coefficient (Wildman–Crippen LogP) is 2.91. The Morgan fingerprint density at radius 1 is 1.25 bits per heavy atom. The summed E-state index contributed by atoms with van der Waals surface area (Å²) >= 11 is 0. The molecule has 2 aromatic rings. The Bertz CT molecular complexity index is 624. The van der Waals surface area contributed by atoms with Crippen LogP contribution in [-0.4, -0.2) is 34.9 Å². The standard InChI is InChI=1S/C19H27N5/c1-2-20-19(23-17-6-3-4-7-17)21-14-12-16-8-10-18(11-9-16)24-15-5-13-22-24/h5,8-11,13,15,17H,2-4,6-7,12,14H2,1H3,(H2,20,21,23). The molecule has 5 heteroatoms. The van der Waals surface area contributed by atoms with E-state index in [1.54, 1.807) is 6.20 Å². The molecule has 1 fully saturated rings. The van der Waals surface area contributed by atoms with E-state index in [1.807, 2.05) is 16.9 Å². The van der Waals surface area contributed by atoms with Crippen LogP contribution in [0.15, 0.2) is 47.7 Å². The molecule has 1 saturated carbocycles. The summed E-state index contributed by atoms with van der Waals surface area (Å²) in [4.78, 5) is 4.72. The van der Waals surface area contributed by atoms with Crippen molar-refractivity contribution in [2.45, 2.75) is 45.1 Å². The van der Waals surface area contributed by atoms with Crippen LogP contribution in [0.3, 0.4) is 0 Å². The fraction of sp³-hybridized carbons (Fsp3) is 0.474. The van der Waals surface area contributed by atoms with Gasteiger partial charge >= 0.3 is 0 Å². The van der Waals surface area contributed by atoms with E-state index in [4.69, 9.17) is 4.99 Å². The summed E-state index contributed by atoms with van der Waals surface area (Å²) < 4.78 is 1.87. The number of aromatic nitrogens is 2. The second kappa shape index (κ2) is 8.52. The smallest absolute Gasteiger partial charge is 0.191 e. The van der Waals surface area contributed by atoms with Gasteiger partial charge in [0.05, 0.1) is 5.69 Å².